The monoisotopic (exact) mass is 434 g/mol. The molecule has 2 N–H and O–H groups in total. The van der Waals surface area contributed by atoms with Crippen molar-refractivity contribution in [1.29, 1.82) is 0 Å². The van der Waals surface area contributed by atoms with Crippen LogP contribution in [0.5, 0.6) is 5.75 Å². The summed E-state index contributed by atoms with van der Waals surface area (Å²) >= 11 is 12.2. The second-order valence-electron chi connectivity index (χ2n) is 4.48. The van der Waals surface area contributed by atoms with Crippen molar-refractivity contribution in [3.63, 3.8) is 0 Å². The molecule has 5 nitrogen and oxygen atoms in total. The average molecular weight is 436 g/mol. The first-order chi connectivity index (χ1) is 10.0. The molecule has 0 saturated carbocycles. The van der Waals surface area contributed by atoms with Crippen LogP contribution in [-0.4, -0.2) is 21.5 Å². The summed E-state index contributed by atoms with van der Waals surface area (Å²) in [6, 6.07) is 4.06. The Hall–Kier alpha value is -0.860. The molecule has 114 valence electrons. The number of hydrogen-bond donors (Lipinski definition) is 2. The summed E-state index contributed by atoms with van der Waals surface area (Å²) in [6.07, 6.45) is 0.972. The summed E-state index contributed by atoms with van der Waals surface area (Å²) in [5, 5.41) is 6.80. The number of hydrogen-bond acceptors (Lipinski definition) is 4. The Morgan fingerprint density at radius 2 is 2.05 bits per heavy atom. The molecule has 2 aromatic rings. The number of H-pyrrole nitrogens is 1. The average Bonchev–Trinajstić information content (AvgIpc) is 2.75. The fraction of sp³-hybridized carbons (Fsp3) is 0.385. The lowest BCUT2D eigenvalue weighted by Crippen LogP contribution is -2.16. The van der Waals surface area contributed by atoms with E-state index >= 15 is 0 Å². The molecule has 0 saturated heterocycles. The molecule has 1 aromatic heterocycles. The van der Waals surface area contributed by atoms with Crippen LogP contribution in [0.1, 0.15) is 24.7 Å². The predicted molar refractivity (Wildman–Crippen MR) is 92.8 cm³/mol. The van der Waals surface area contributed by atoms with Gasteiger partial charge in [0, 0.05) is 0 Å². The number of halogens is 2. The number of aromatic nitrogens is 3. The quantitative estimate of drug-likeness (QED) is 0.664. The number of nitrogens with zero attached hydrogens (tertiary/aromatic N) is 2. The third-order valence-corrected chi connectivity index (χ3v) is 4.24. The summed E-state index contributed by atoms with van der Waals surface area (Å²) in [5.74, 6) is 1.62. The Balaban J connectivity index is 2.13. The summed E-state index contributed by atoms with van der Waals surface area (Å²) < 4.78 is 9.86. The van der Waals surface area contributed by atoms with Crippen LogP contribution in [0.4, 0.5) is 0 Å². The third-order valence-electron chi connectivity index (χ3n) is 2.79. The smallest absolute Gasteiger partial charge is 0.214 e. The van der Waals surface area contributed by atoms with E-state index in [-0.39, 0.29) is 0 Å². The van der Waals surface area contributed by atoms with Crippen LogP contribution in [0.25, 0.3) is 0 Å². The normalized spacial score (nSPS) is 10.7. The number of benzene rings is 1. The van der Waals surface area contributed by atoms with Gasteiger partial charge in [-0.2, -0.15) is 5.10 Å². The fourth-order valence-electron chi connectivity index (χ4n) is 1.79. The van der Waals surface area contributed by atoms with Crippen molar-refractivity contribution < 1.29 is 4.74 Å². The van der Waals surface area contributed by atoms with E-state index in [2.05, 4.69) is 54.4 Å². The van der Waals surface area contributed by atoms with Gasteiger partial charge in [0.05, 0.1) is 22.1 Å². The lowest BCUT2D eigenvalue weighted by atomic mass is 10.2. The Kier molecular flexibility index (Phi) is 5.83. The minimum Gasteiger partial charge on any atom is -0.491 e. The van der Waals surface area contributed by atoms with E-state index in [4.69, 9.17) is 17.0 Å². The van der Waals surface area contributed by atoms with Crippen molar-refractivity contribution in [3.8, 4) is 5.75 Å². The first-order valence-electron chi connectivity index (χ1n) is 6.51. The lowest BCUT2D eigenvalue weighted by Gasteiger charge is -2.13. The topological polar surface area (TPSA) is 54.9 Å². The molecule has 1 heterocycles. The van der Waals surface area contributed by atoms with E-state index in [1.165, 1.54) is 0 Å². The number of rotatable bonds is 6. The van der Waals surface area contributed by atoms with E-state index in [0.717, 1.165) is 32.5 Å². The highest BCUT2D eigenvalue weighted by Crippen LogP contribution is 2.34. The molecule has 0 aliphatic heterocycles. The molecule has 0 aliphatic rings. The molecule has 0 unspecified atom stereocenters. The zero-order chi connectivity index (χ0) is 15.4. The second kappa shape index (κ2) is 7.42. The molecule has 8 heteroatoms. The number of aryl methyl sites for hydroxylation is 1. The molecule has 2 rings (SSSR count). The second-order valence-corrected chi connectivity index (χ2v) is 6.58. The van der Waals surface area contributed by atoms with Gasteiger partial charge in [0.15, 0.2) is 0 Å². The van der Waals surface area contributed by atoms with Crippen molar-refractivity contribution in [2.45, 2.75) is 26.8 Å². The van der Waals surface area contributed by atoms with Crippen molar-refractivity contribution in [3.05, 3.63) is 37.2 Å². The molecule has 0 aliphatic carbocycles. The maximum absolute atomic E-state index is 5.71. The summed E-state index contributed by atoms with van der Waals surface area (Å²) in [4.78, 5) is 0. The van der Waals surface area contributed by atoms with Crippen LogP contribution in [0.2, 0.25) is 0 Å². The van der Waals surface area contributed by atoms with Gasteiger partial charge in [-0.05, 0) is 75.1 Å². The van der Waals surface area contributed by atoms with Gasteiger partial charge in [0.25, 0.3) is 0 Å². The molecule has 21 heavy (non-hydrogen) atoms. The van der Waals surface area contributed by atoms with Gasteiger partial charge in [-0.25, -0.2) is 4.68 Å². The molecule has 0 spiro atoms. The van der Waals surface area contributed by atoms with Crippen molar-refractivity contribution >= 4 is 44.1 Å². The van der Waals surface area contributed by atoms with E-state index in [1.807, 2.05) is 19.1 Å². The zero-order valence-corrected chi connectivity index (χ0v) is 15.7. The minimum atomic E-state index is 0.550. The first-order valence-corrected chi connectivity index (χ1v) is 8.51. The molecule has 0 atom stereocenters. The molecule has 1 aromatic carbocycles. The Morgan fingerprint density at radius 3 is 2.57 bits per heavy atom. The molecule has 0 bridgehead atoms. The number of aromatic amines is 1. The van der Waals surface area contributed by atoms with Crippen LogP contribution in [0.3, 0.4) is 0 Å². The van der Waals surface area contributed by atoms with E-state index < -0.39 is 0 Å². The van der Waals surface area contributed by atoms with Gasteiger partial charge in [-0.3, -0.25) is 5.10 Å². The molecular weight excluding hydrogens is 420 g/mol. The highest BCUT2D eigenvalue weighted by molar-refractivity contribution is 9.11. The molecule has 0 amide bonds. The summed E-state index contributed by atoms with van der Waals surface area (Å²) in [7, 11) is 0. The van der Waals surface area contributed by atoms with Crippen LogP contribution in [0, 0.1) is 11.7 Å². The number of nitrogens with one attached hydrogen (secondary N) is 2. The maximum Gasteiger partial charge on any atom is 0.214 e. The van der Waals surface area contributed by atoms with Gasteiger partial charge in [0.1, 0.15) is 11.6 Å². The maximum atomic E-state index is 5.71. The van der Waals surface area contributed by atoms with Crippen molar-refractivity contribution in [1.82, 2.24) is 14.9 Å². The summed E-state index contributed by atoms with van der Waals surface area (Å²) in [6.45, 7) is 5.28. The van der Waals surface area contributed by atoms with Crippen LogP contribution < -0.4 is 10.2 Å². The van der Waals surface area contributed by atoms with Gasteiger partial charge in [-0.15, -0.1) is 0 Å². The van der Waals surface area contributed by atoms with Crippen molar-refractivity contribution in [2.24, 2.45) is 0 Å². The largest absolute Gasteiger partial charge is 0.491 e. The van der Waals surface area contributed by atoms with Crippen LogP contribution in [0.15, 0.2) is 21.1 Å². The minimum absolute atomic E-state index is 0.550. The Morgan fingerprint density at radius 1 is 1.38 bits per heavy atom. The first kappa shape index (κ1) is 16.5. The van der Waals surface area contributed by atoms with Gasteiger partial charge in [-0.1, -0.05) is 6.92 Å². The fourth-order valence-corrected chi connectivity index (χ4v) is 3.54. The SMILES string of the molecule is CCCOc1c(Br)cc(CNn2c(C)n[nH]c2=S)cc1Br. The Labute approximate surface area is 145 Å². The molecule has 0 fully saturated rings. The van der Waals surface area contributed by atoms with E-state index in [9.17, 15) is 0 Å². The Bertz CT molecular complexity index is 660. The summed E-state index contributed by atoms with van der Waals surface area (Å²) in [5.41, 5.74) is 4.33. The van der Waals surface area contributed by atoms with E-state index in [0.29, 0.717) is 17.9 Å². The van der Waals surface area contributed by atoms with Gasteiger partial charge >= 0.3 is 0 Å². The van der Waals surface area contributed by atoms with Gasteiger partial charge in [0.2, 0.25) is 4.77 Å². The van der Waals surface area contributed by atoms with Crippen molar-refractivity contribution in [2.75, 3.05) is 12.0 Å². The third kappa shape index (κ3) is 4.08. The van der Waals surface area contributed by atoms with Crippen LogP contribution >= 0.6 is 44.1 Å². The number of ether oxygens (including phenoxy) is 1. The van der Waals surface area contributed by atoms with Gasteiger partial charge < -0.3 is 10.2 Å². The lowest BCUT2D eigenvalue weighted by molar-refractivity contribution is 0.313. The highest BCUT2D eigenvalue weighted by atomic mass is 79.9. The van der Waals surface area contributed by atoms with E-state index in [1.54, 1.807) is 4.68 Å². The standard InChI is InChI=1S/C13H16Br2N4OS/c1-3-4-20-12-10(14)5-9(6-11(12)15)7-16-19-8(2)17-18-13(19)21/h5-6,16H,3-4,7H2,1-2H3,(H,18,21). The predicted octanol–water partition coefficient (Wildman–Crippen LogP) is 4.31. The molecule has 0 radical (unpaired) electrons. The highest BCUT2D eigenvalue weighted by Gasteiger charge is 2.09. The zero-order valence-electron chi connectivity index (χ0n) is 11.7. The van der Waals surface area contributed by atoms with Crippen LogP contribution in [-0.2, 0) is 6.54 Å². The molecular formula is C13H16Br2N4OS.